The van der Waals surface area contributed by atoms with Crippen LogP contribution >= 0.6 is 12.4 Å². The molecule has 0 unspecified atom stereocenters. The lowest BCUT2D eigenvalue weighted by atomic mass is 10.1. The Bertz CT molecular complexity index is 79.7. The smallest absolute Gasteiger partial charge is 0.0215 e. The normalized spacial score (nSPS) is 26.1. The molecule has 0 aromatic carbocycles. The van der Waals surface area contributed by atoms with Crippen molar-refractivity contribution in [1.29, 1.82) is 0 Å². The molecule has 1 rings (SSSR count). The maximum absolute atomic E-state index is 3.37. The first kappa shape index (κ1) is 10.2. The SMILES string of the molecule is CN(C)[C@H]1CCCNC1.Cl. The summed E-state index contributed by atoms with van der Waals surface area (Å²) >= 11 is 0. The van der Waals surface area contributed by atoms with Crippen LogP contribution < -0.4 is 5.32 Å². The molecule has 10 heavy (non-hydrogen) atoms. The third-order valence-electron chi connectivity index (χ3n) is 2.00. The summed E-state index contributed by atoms with van der Waals surface area (Å²) in [4.78, 5) is 2.30. The predicted molar refractivity (Wildman–Crippen MR) is 46.8 cm³/mol. The topological polar surface area (TPSA) is 15.3 Å². The first-order valence-corrected chi connectivity index (χ1v) is 3.68. The van der Waals surface area contributed by atoms with Gasteiger partial charge in [-0.1, -0.05) is 0 Å². The predicted octanol–water partition coefficient (Wildman–Crippen LogP) is 0.722. The lowest BCUT2D eigenvalue weighted by Gasteiger charge is -2.28. The Hall–Kier alpha value is 0.210. The van der Waals surface area contributed by atoms with Gasteiger partial charge in [0.15, 0.2) is 0 Å². The molecule has 1 heterocycles. The largest absolute Gasteiger partial charge is 0.315 e. The van der Waals surface area contributed by atoms with Crippen LogP contribution in [0, 0.1) is 0 Å². The van der Waals surface area contributed by atoms with Crippen molar-refractivity contribution in [3.63, 3.8) is 0 Å². The van der Waals surface area contributed by atoms with Gasteiger partial charge in [-0.05, 0) is 33.5 Å². The van der Waals surface area contributed by atoms with Crippen molar-refractivity contribution in [2.24, 2.45) is 0 Å². The number of hydrogen-bond acceptors (Lipinski definition) is 2. The molecule has 1 fully saturated rings. The van der Waals surface area contributed by atoms with Crippen LogP contribution in [0.15, 0.2) is 0 Å². The Balaban J connectivity index is 0.000000810. The third-order valence-corrected chi connectivity index (χ3v) is 2.00. The molecule has 1 saturated heterocycles. The molecule has 0 spiro atoms. The highest BCUT2D eigenvalue weighted by Crippen LogP contribution is 2.05. The first-order chi connectivity index (χ1) is 4.30. The molecular formula is C7H17ClN2. The van der Waals surface area contributed by atoms with Gasteiger partial charge in [-0.25, -0.2) is 0 Å². The van der Waals surface area contributed by atoms with E-state index >= 15 is 0 Å². The maximum atomic E-state index is 3.37. The van der Waals surface area contributed by atoms with Crippen LogP contribution in [0.5, 0.6) is 0 Å². The van der Waals surface area contributed by atoms with Crippen molar-refractivity contribution in [1.82, 2.24) is 10.2 Å². The zero-order valence-corrected chi connectivity index (χ0v) is 7.58. The molecule has 1 aliphatic rings. The standard InChI is InChI=1S/C7H16N2.ClH/c1-9(2)7-4-3-5-8-6-7;/h7-8H,3-6H2,1-2H3;1H/t7-;/m0./s1. The minimum atomic E-state index is 0. The average molecular weight is 165 g/mol. The monoisotopic (exact) mass is 164 g/mol. The van der Waals surface area contributed by atoms with Crippen molar-refractivity contribution >= 4 is 12.4 Å². The Kier molecular flexibility index (Phi) is 5.04. The molecule has 0 saturated carbocycles. The lowest BCUT2D eigenvalue weighted by molar-refractivity contribution is 0.242. The number of nitrogens with zero attached hydrogens (tertiary/aromatic N) is 1. The molecule has 2 nitrogen and oxygen atoms in total. The Morgan fingerprint density at radius 2 is 2.10 bits per heavy atom. The molecule has 1 aliphatic heterocycles. The molecule has 0 radical (unpaired) electrons. The van der Waals surface area contributed by atoms with Gasteiger partial charge in [0.05, 0.1) is 0 Å². The van der Waals surface area contributed by atoms with E-state index in [0.717, 1.165) is 6.04 Å². The van der Waals surface area contributed by atoms with Gasteiger partial charge in [-0.2, -0.15) is 0 Å². The molecule has 1 atom stereocenters. The fraction of sp³-hybridized carbons (Fsp3) is 1.00. The second kappa shape index (κ2) is 4.94. The fourth-order valence-corrected chi connectivity index (χ4v) is 1.27. The number of rotatable bonds is 1. The van der Waals surface area contributed by atoms with Crippen molar-refractivity contribution in [2.45, 2.75) is 18.9 Å². The Labute approximate surface area is 69.4 Å². The highest BCUT2D eigenvalue weighted by molar-refractivity contribution is 5.85. The average Bonchev–Trinajstić information content (AvgIpc) is 1.90. The van der Waals surface area contributed by atoms with E-state index in [4.69, 9.17) is 0 Å². The number of nitrogens with one attached hydrogen (secondary N) is 1. The Morgan fingerprint density at radius 1 is 1.40 bits per heavy atom. The quantitative estimate of drug-likeness (QED) is 0.615. The number of piperidine rings is 1. The van der Waals surface area contributed by atoms with E-state index in [1.165, 1.54) is 25.9 Å². The van der Waals surface area contributed by atoms with Gasteiger partial charge >= 0.3 is 0 Å². The van der Waals surface area contributed by atoms with Gasteiger partial charge in [0.25, 0.3) is 0 Å². The van der Waals surface area contributed by atoms with Gasteiger partial charge in [-0.15, -0.1) is 12.4 Å². The minimum absolute atomic E-state index is 0. The summed E-state index contributed by atoms with van der Waals surface area (Å²) < 4.78 is 0. The number of likely N-dealkylation sites (N-methyl/N-ethyl adjacent to an activating group) is 1. The van der Waals surface area contributed by atoms with Crippen molar-refractivity contribution in [3.8, 4) is 0 Å². The third kappa shape index (κ3) is 2.86. The lowest BCUT2D eigenvalue weighted by Crippen LogP contribution is -2.42. The van der Waals surface area contributed by atoms with E-state index in [0.29, 0.717) is 0 Å². The van der Waals surface area contributed by atoms with Gasteiger partial charge in [-0.3, -0.25) is 0 Å². The summed E-state index contributed by atoms with van der Waals surface area (Å²) in [6, 6.07) is 0.777. The van der Waals surface area contributed by atoms with E-state index < -0.39 is 0 Å². The summed E-state index contributed by atoms with van der Waals surface area (Å²) in [5, 5.41) is 3.37. The molecular weight excluding hydrogens is 148 g/mol. The molecule has 62 valence electrons. The number of hydrogen-bond donors (Lipinski definition) is 1. The molecule has 0 amide bonds. The molecule has 0 aliphatic carbocycles. The van der Waals surface area contributed by atoms with Crippen molar-refractivity contribution in [3.05, 3.63) is 0 Å². The van der Waals surface area contributed by atoms with Crippen LogP contribution in [0.4, 0.5) is 0 Å². The molecule has 0 aromatic rings. The van der Waals surface area contributed by atoms with E-state index in [2.05, 4.69) is 24.3 Å². The fourth-order valence-electron chi connectivity index (χ4n) is 1.27. The van der Waals surface area contributed by atoms with Crippen LogP contribution in [0.1, 0.15) is 12.8 Å². The van der Waals surface area contributed by atoms with Crippen LogP contribution in [0.25, 0.3) is 0 Å². The van der Waals surface area contributed by atoms with E-state index in [1.807, 2.05) is 0 Å². The summed E-state index contributed by atoms with van der Waals surface area (Å²) in [6.07, 6.45) is 2.70. The maximum Gasteiger partial charge on any atom is 0.0215 e. The summed E-state index contributed by atoms with van der Waals surface area (Å²) in [5.74, 6) is 0. The summed E-state index contributed by atoms with van der Waals surface area (Å²) in [5.41, 5.74) is 0. The van der Waals surface area contributed by atoms with Crippen LogP contribution in [0.2, 0.25) is 0 Å². The van der Waals surface area contributed by atoms with Gasteiger partial charge < -0.3 is 10.2 Å². The van der Waals surface area contributed by atoms with E-state index in [9.17, 15) is 0 Å². The second-order valence-corrected chi connectivity index (χ2v) is 2.96. The highest BCUT2D eigenvalue weighted by Gasteiger charge is 2.13. The van der Waals surface area contributed by atoms with Gasteiger partial charge in [0, 0.05) is 12.6 Å². The van der Waals surface area contributed by atoms with Crippen LogP contribution in [-0.4, -0.2) is 38.1 Å². The Morgan fingerprint density at radius 3 is 2.40 bits per heavy atom. The van der Waals surface area contributed by atoms with E-state index in [-0.39, 0.29) is 12.4 Å². The second-order valence-electron chi connectivity index (χ2n) is 2.96. The molecule has 0 aromatic heterocycles. The first-order valence-electron chi connectivity index (χ1n) is 3.68. The van der Waals surface area contributed by atoms with Gasteiger partial charge in [0.1, 0.15) is 0 Å². The summed E-state index contributed by atoms with van der Waals surface area (Å²) in [6.45, 7) is 2.39. The number of halogens is 1. The van der Waals surface area contributed by atoms with Crippen molar-refractivity contribution < 1.29 is 0 Å². The van der Waals surface area contributed by atoms with Crippen LogP contribution in [0.3, 0.4) is 0 Å². The van der Waals surface area contributed by atoms with E-state index in [1.54, 1.807) is 0 Å². The zero-order chi connectivity index (χ0) is 6.69. The van der Waals surface area contributed by atoms with Crippen molar-refractivity contribution in [2.75, 3.05) is 27.2 Å². The summed E-state index contributed by atoms with van der Waals surface area (Å²) in [7, 11) is 4.30. The van der Waals surface area contributed by atoms with Gasteiger partial charge in [0.2, 0.25) is 0 Å². The molecule has 1 N–H and O–H groups in total. The minimum Gasteiger partial charge on any atom is -0.315 e. The molecule has 0 bridgehead atoms. The zero-order valence-electron chi connectivity index (χ0n) is 6.76. The molecule has 3 heteroatoms. The highest BCUT2D eigenvalue weighted by atomic mass is 35.5. The van der Waals surface area contributed by atoms with Crippen LogP contribution in [-0.2, 0) is 0 Å².